The van der Waals surface area contributed by atoms with E-state index >= 15 is 0 Å². The zero-order valence-corrected chi connectivity index (χ0v) is 21.4. The van der Waals surface area contributed by atoms with Crippen LogP contribution in [0.1, 0.15) is 54.6 Å². The van der Waals surface area contributed by atoms with Gasteiger partial charge in [0.25, 0.3) is 0 Å². The molecule has 4 bridgehead atoms. The molecule has 4 aliphatic carbocycles. The van der Waals surface area contributed by atoms with Gasteiger partial charge in [0, 0.05) is 41.3 Å². The maximum atomic E-state index is 13.1. The Morgan fingerprint density at radius 3 is 2.41 bits per heavy atom. The van der Waals surface area contributed by atoms with E-state index in [-0.39, 0.29) is 0 Å². The highest BCUT2D eigenvalue weighted by atomic mass is 16.5. The maximum Gasteiger partial charge on any atom is 0.342 e. The second kappa shape index (κ2) is 8.16. The monoisotopic (exact) mass is 496 g/mol. The summed E-state index contributed by atoms with van der Waals surface area (Å²) >= 11 is 0. The van der Waals surface area contributed by atoms with E-state index < -0.39 is 5.97 Å². The second-order valence-electron chi connectivity index (χ2n) is 11.6. The quantitative estimate of drug-likeness (QED) is 0.383. The molecule has 0 unspecified atom stereocenters. The molecular formula is C29H32N6O2. The summed E-state index contributed by atoms with van der Waals surface area (Å²) in [4.78, 5) is 21.9. The molecule has 0 aromatic carbocycles. The van der Waals surface area contributed by atoms with Gasteiger partial charge in [0.15, 0.2) is 5.65 Å². The number of rotatable bonds is 5. The lowest BCUT2D eigenvalue weighted by Gasteiger charge is -2.56. The van der Waals surface area contributed by atoms with E-state index in [0.29, 0.717) is 22.4 Å². The number of esters is 1. The number of carbonyl (C=O) groups is 1. The van der Waals surface area contributed by atoms with Gasteiger partial charge in [0.2, 0.25) is 0 Å². The minimum atomic E-state index is -0.415. The van der Waals surface area contributed by atoms with Crippen LogP contribution in [0.4, 0.5) is 5.82 Å². The summed E-state index contributed by atoms with van der Waals surface area (Å²) in [6.07, 6.45) is 15.6. The lowest BCUT2D eigenvalue weighted by molar-refractivity contribution is -0.0638. The van der Waals surface area contributed by atoms with Crippen molar-refractivity contribution in [3.63, 3.8) is 0 Å². The minimum absolute atomic E-state index is 0.378. The molecule has 37 heavy (non-hydrogen) atoms. The Morgan fingerprint density at radius 1 is 1.03 bits per heavy atom. The van der Waals surface area contributed by atoms with E-state index in [0.717, 1.165) is 52.4 Å². The van der Waals surface area contributed by atoms with E-state index in [2.05, 4.69) is 21.6 Å². The van der Waals surface area contributed by atoms with Crippen LogP contribution in [0.25, 0.3) is 28.0 Å². The Bertz CT molecular complexity index is 1480. The van der Waals surface area contributed by atoms with Crippen LogP contribution in [0.5, 0.6) is 0 Å². The van der Waals surface area contributed by atoms with E-state index in [1.54, 1.807) is 18.5 Å². The van der Waals surface area contributed by atoms with E-state index in [1.165, 1.54) is 45.6 Å². The fourth-order valence-electron chi connectivity index (χ4n) is 8.02. The molecule has 4 aromatic heterocycles. The highest BCUT2D eigenvalue weighted by molar-refractivity contribution is 6.03. The molecule has 0 saturated heterocycles. The first-order chi connectivity index (χ1) is 17.9. The first-order valence-electron chi connectivity index (χ1n) is 13.3. The third-order valence-electron chi connectivity index (χ3n) is 9.20. The number of nitrogen functional groups attached to an aromatic ring is 1. The van der Waals surface area contributed by atoms with E-state index in [4.69, 9.17) is 15.6 Å². The third-order valence-corrected chi connectivity index (χ3v) is 9.20. The molecular weight excluding hydrogens is 464 g/mol. The summed E-state index contributed by atoms with van der Waals surface area (Å²) in [6, 6.07) is 5.62. The largest absolute Gasteiger partial charge is 0.465 e. The first kappa shape index (κ1) is 22.5. The van der Waals surface area contributed by atoms with Gasteiger partial charge in [0.05, 0.1) is 25.2 Å². The number of anilines is 1. The SMILES string of the molecule is COC(=O)c1c(-c2cnn(CC34CC5CC(CC(C5)C3)C4)c2C)ccn2c(-c3ccc(N)nc3)cnc12. The van der Waals surface area contributed by atoms with Crippen LogP contribution >= 0.6 is 0 Å². The van der Waals surface area contributed by atoms with Crippen molar-refractivity contribution >= 4 is 17.4 Å². The van der Waals surface area contributed by atoms with Crippen molar-refractivity contribution in [1.29, 1.82) is 0 Å². The molecule has 2 N–H and O–H groups in total. The Labute approximate surface area is 215 Å². The Hall–Kier alpha value is -3.68. The smallest absolute Gasteiger partial charge is 0.342 e. The van der Waals surface area contributed by atoms with Crippen LogP contribution in [-0.4, -0.2) is 37.2 Å². The highest BCUT2D eigenvalue weighted by Gasteiger charge is 2.51. The fraction of sp³-hybridized carbons (Fsp3) is 0.448. The number of aromatic nitrogens is 5. The van der Waals surface area contributed by atoms with Crippen molar-refractivity contribution in [1.82, 2.24) is 24.1 Å². The van der Waals surface area contributed by atoms with Crippen LogP contribution in [0.15, 0.2) is 43.0 Å². The average molecular weight is 497 g/mol. The predicted octanol–water partition coefficient (Wildman–Crippen LogP) is 5.15. The van der Waals surface area contributed by atoms with Gasteiger partial charge in [-0.05, 0) is 86.8 Å². The first-order valence-corrected chi connectivity index (χ1v) is 13.3. The Balaban J connectivity index is 1.28. The van der Waals surface area contributed by atoms with Gasteiger partial charge in [-0.25, -0.2) is 14.8 Å². The van der Waals surface area contributed by atoms with Crippen molar-refractivity contribution in [3.05, 3.63) is 54.2 Å². The molecule has 4 aliphatic rings. The molecule has 0 radical (unpaired) electrons. The van der Waals surface area contributed by atoms with Crippen molar-refractivity contribution in [3.8, 4) is 22.4 Å². The fourth-order valence-corrected chi connectivity index (χ4v) is 8.02. The number of nitrogens with two attached hydrogens (primary N) is 1. The molecule has 190 valence electrons. The topological polar surface area (TPSA) is 100 Å². The van der Waals surface area contributed by atoms with Crippen molar-refractivity contribution in [2.24, 2.45) is 23.2 Å². The number of fused-ring (bicyclic) bond motifs is 1. The van der Waals surface area contributed by atoms with Gasteiger partial charge in [-0.1, -0.05) is 0 Å². The zero-order valence-electron chi connectivity index (χ0n) is 21.4. The van der Waals surface area contributed by atoms with Crippen LogP contribution < -0.4 is 5.73 Å². The summed E-state index contributed by atoms with van der Waals surface area (Å²) in [7, 11) is 1.41. The molecule has 4 heterocycles. The van der Waals surface area contributed by atoms with Gasteiger partial charge >= 0.3 is 5.97 Å². The number of hydrogen-bond acceptors (Lipinski definition) is 6. The van der Waals surface area contributed by atoms with Gasteiger partial charge in [-0.3, -0.25) is 9.08 Å². The summed E-state index contributed by atoms with van der Waals surface area (Å²) in [5.74, 6) is 2.75. The number of imidazole rings is 1. The van der Waals surface area contributed by atoms with Crippen molar-refractivity contribution < 1.29 is 9.53 Å². The number of pyridine rings is 2. The average Bonchev–Trinajstić information content (AvgIpc) is 3.46. The van der Waals surface area contributed by atoms with Gasteiger partial charge in [-0.15, -0.1) is 0 Å². The number of hydrogen-bond donors (Lipinski definition) is 1. The lowest BCUT2D eigenvalue weighted by atomic mass is 9.49. The standard InChI is InChI=1S/C29H32N6O2/c1-17-23(14-33-35(17)16-29-10-18-7-19(11-29)9-20(8-18)12-29)22-5-6-34-24(21-3-4-25(30)31-13-21)15-32-27(34)26(22)28(36)37-2/h3-6,13-15,18-20H,7-12,16H2,1-2H3,(H2,30,31). The van der Waals surface area contributed by atoms with Crippen LogP contribution in [-0.2, 0) is 11.3 Å². The molecule has 8 heteroatoms. The molecule has 4 saturated carbocycles. The van der Waals surface area contributed by atoms with Crippen molar-refractivity contribution in [2.75, 3.05) is 12.8 Å². The summed E-state index contributed by atoms with van der Waals surface area (Å²) in [6.45, 7) is 3.08. The predicted molar refractivity (Wildman–Crippen MR) is 141 cm³/mol. The maximum absolute atomic E-state index is 13.1. The molecule has 0 aliphatic heterocycles. The molecule has 8 nitrogen and oxygen atoms in total. The van der Waals surface area contributed by atoms with Crippen LogP contribution in [0.2, 0.25) is 0 Å². The molecule has 0 spiro atoms. The van der Waals surface area contributed by atoms with Crippen LogP contribution in [0.3, 0.4) is 0 Å². The lowest BCUT2D eigenvalue weighted by Crippen LogP contribution is -2.48. The Kier molecular flexibility index (Phi) is 4.97. The molecule has 8 rings (SSSR count). The molecule has 0 atom stereocenters. The Morgan fingerprint density at radius 2 is 1.76 bits per heavy atom. The van der Waals surface area contributed by atoms with Crippen LogP contribution in [0, 0.1) is 30.1 Å². The molecule has 4 aromatic rings. The minimum Gasteiger partial charge on any atom is -0.465 e. The van der Waals surface area contributed by atoms with Gasteiger partial charge in [-0.2, -0.15) is 5.10 Å². The molecule has 4 fully saturated rings. The highest BCUT2D eigenvalue weighted by Crippen LogP contribution is 2.60. The number of nitrogens with zero attached hydrogens (tertiary/aromatic N) is 5. The summed E-state index contributed by atoms with van der Waals surface area (Å²) in [5.41, 5.74) is 11.7. The van der Waals surface area contributed by atoms with E-state index in [1.807, 2.05) is 28.9 Å². The number of carbonyl (C=O) groups excluding carboxylic acids is 1. The van der Waals surface area contributed by atoms with Crippen molar-refractivity contribution in [2.45, 2.75) is 52.0 Å². The summed E-state index contributed by atoms with van der Waals surface area (Å²) < 4.78 is 9.31. The zero-order chi connectivity index (χ0) is 25.3. The number of methoxy groups -OCH3 is 1. The summed E-state index contributed by atoms with van der Waals surface area (Å²) in [5, 5.41) is 4.85. The third kappa shape index (κ3) is 3.56. The molecule has 0 amide bonds. The van der Waals surface area contributed by atoms with Gasteiger partial charge < -0.3 is 10.5 Å². The number of ether oxygens (including phenoxy) is 1. The normalized spacial score (nSPS) is 26.2. The van der Waals surface area contributed by atoms with E-state index in [9.17, 15) is 4.79 Å². The van der Waals surface area contributed by atoms with Gasteiger partial charge in [0.1, 0.15) is 11.4 Å². The second-order valence-corrected chi connectivity index (χ2v) is 11.6.